The largest absolute Gasteiger partial charge is 0.481 e. The molecule has 0 radical (unpaired) electrons. The number of methoxy groups -OCH3 is 2. The van der Waals surface area contributed by atoms with Crippen LogP contribution in [0.25, 0.3) is 0 Å². The van der Waals surface area contributed by atoms with Gasteiger partial charge in [0.25, 0.3) is 0 Å². The molecule has 2 fully saturated rings. The van der Waals surface area contributed by atoms with Crippen LogP contribution < -0.4 is 14.9 Å². The van der Waals surface area contributed by atoms with E-state index in [1.807, 2.05) is 5.01 Å². The van der Waals surface area contributed by atoms with Crippen molar-refractivity contribution in [1.82, 2.24) is 20.4 Å². The maximum atomic E-state index is 12.4. The molecule has 2 aliphatic rings. The summed E-state index contributed by atoms with van der Waals surface area (Å²) in [6.07, 6.45) is 5.11. The van der Waals surface area contributed by atoms with Gasteiger partial charge < -0.3 is 9.47 Å². The van der Waals surface area contributed by atoms with Crippen molar-refractivity contribution < 1.29 is 14.3 Å². The second-order valence-electron chi connectivity index (χ2n) is 6.02. The Labute approximate surface area is 130 Å². The van der Waals surface area contributed by atoms with E-state index < -0.39 is 0 Å². The molecule has 2 bridgehead atoms. The molecule has 1 aromatic rings. The molecule has 1 saturated heterocycles. The smallest absolute Gasteiger partial charge is 0.303 e. The molecule has 2 atom stereocenters. The van der Waals surface area contributed by atoms with Gasteiger partial charge in [-0.3, -0.25) is 10.2 Å². The third kappa shape index (κ3) is 3.30. The monoisotopic (exact) mass is 306 g/mol. The van der Waals surface area contributed by atoms with Crippen LogP contribution in [0, 0.1) is 11.8 Å². The van der Waals surface area contributed by atoms with Gasteiger partial charge in [0.15, 0.2) is 0 Å². The molecule has 7 heteroatoms. The number of nitrogens with zero attached hydrogens (tertiary/aromatic N) is 3. The summed E-state index contributed by atoms with van der Waals surface area (Å²) in [5.74, 6) is 1.74. The van der Waals surface area contributed by atoms with Crippen molar-refractivity contribution in [2.24, 2.45) is 11.8 Å². The van der Waals surface area contributed by atoms with Gasteiger partial charge in [0.05, 0.1) is 20.3 Å². The fraction of sp³-hybridized carbons (Fsp3) is 0.667. The first kappa shape index (κ1) is 15.0. The summed E-state index contributed by atoms with van der Waals surface area (Å²) in [6.45, 7) is 1.81. The Morgan fingerprint density at radius 2 is 1.77 bits per heavy atom. The number of hydrogen-bond acceptors (Lipinski definition) is 6. The van der Waals surface area contributed by atoms with Crippen molar-refractivity contribution in [3.8, 4) is 11.8 Å². The molecule has 1 saturated carbocycles. The minimum absolute atomic E-state index is 0.0620. The van der Waals surface area contributed by atoms with E-state index in [-0.39, 0.29) is 11.7 Å². The lowest BCUT2D eigenvalue weighted by Crippen LogP contribution is -2.51. The molecule has 1 amide bonds. The SMILES string of the molecule is COc1cc(OC)nc(C(=O)NN2CC3CCCC(C3)C2)n1. The van der Waals surface area contributed by atoms with Gasteiger partial charge in [-0.2, -0.15) is 9.97 Å². The zero-order valence-electron chi connectivity index (χ0n) is 13.0. The topological polar surface area (TPSA) is 76.6 Å². The Morgan fingerprint density at radius 3 is 2.32 bits per heavy atom. The summed E-state index contributed by atoms with van der Waals surface area (Å²) in [5, 5.41) is 2.01. The Hall–Kier alpha value is -1.89. The van der Waals surface area contributed by atoms with Gasteiger partial charge in [0.2, 0.25) is 17.6 Å². The summed E-state index contributed by atoms with van der Waals surface area (Å²) in [7, 11) is 2.99. The van der Waals surface area contributed by atoms with Gasteiger partial charge in [-0.25, -0.2) is 5.01 Å². The number of rotatable bonds is 4. The van der Waals surface area contributed by atoms with E-state index in [1.54, 1.807) is 6.07 Å². The van der Waals surface area contributed by atoms with Crippen molar-refractivity contribution in [3.63, 3.8) is 0 Å². The second-order valence-corrected chi connectivity index (χ2v) is 6.02. The number of aromatic nitrogens is 2. The van der Waals surface area contributed by atoms with E-state index >= 15 is 0 Å². The highest BCUT2D eigenvalue weighted by Gasteiger charge is 2.31. The second kappa shape index (κ2) is 6.48. The normalized spacial score (nSPS) is 24.6. The first-order valence-electron chi connectivity index (χ1n) is 7.71. The average molecular weight is 306 g/mol. The third-order valence-corrected chi connectivity index (χ3v) is 4.41. The van der Waals surface area contributed by atoms with Crippen LogP contribution in [0.4, 0.5) is 0 Å². The maximum Gasteiger partial charge on any atom is 0.303 e. The number of amides is 1. The van der Waals surface area contributed by atoms with Crippen LogP contribution >= 0.6 is 0 Å². The van der Waals surface area contributed by atoms with E-state index in [0.29, 0.717) is 23.6 Å². The number of fused-ring (bicyclic) bond motifs is 2. The van der Waals surface area contributed by atoms with Crippen molar-refractivity contribution in [2.45, 2.75) is 25.7 Å². The van der Waals surface area contributed by atoms with Crippen molar-refractivity contribution in [1.29, 1.82) is 0 Å². The van der Waals surface area contributed by atoms with E-state index in [4.69, 9.17) is 9.47 Å². The summed E-state index contributed by atoms with van der Waals surface area (Å²) in [6, 6.07) is 1.54. The Morgan fingerprint density at radius 1 is 1.18 bits per heavy atom. The van der Waals surface area contributed by atoms with Gasteiger partial charge in [-0.15, -0.1) is 0 Å². The van der Waals surface area contributed by atoms with E-state index in [1.165, 1.54) is 39.9 Å². The summed E-state index contributed by atoms with van der Waals surface area (Å²) in [4.78, 5) is 20.6. The van der Waals surface area contributed by atoms with Crippen LogP contribution in [0.1, 0.15) is 36.3 Å². The molecule has 3 rings (SSSR count). The van der Waals surface area contributed by atoms with Gasteiger partial charge in [0.1, 0.15) is 0 Å². The molecular formula is C15H22N4O3. The molecule has 1 aromatic heterocycles. The predicted molar refractivity (Wildman–Crippen MR) is 79.6 cm³/mol. The fourth-order valence-electron chi connectivity index (χ4n) is 3.43. The van der Waals surface area contributed by atoms with Gasteiger partial charge >= 0.3 is 5.91 Å². The van der Waals surface area contributed by atoms with Crippen LogP contribution in [0.3, 0.4) is 0 Å². The Bertz CT molecular complexity index is 517. The third-order valence-electron chi connectivity index (χ3n) is 4.41. The van der Waals surface area contributed by atoms with E-state index in [0.717, 1.165) is 13.1 Å². The highest BCUT2D eigenvalue weighted by Crippen LogP contribution is 2.33. The zero-order valence-corrected chi connectivity index (χ0v) is 13.0. The summed E-state index contributed by atoms with van der Waals surface area (Å²) < 4.78 is 10.1. The summed E-state index contributed by atoms with van der Waals surface area (Å²) >= 11 is 0. The van der Waals surface area contributed by atoms with Crippen LogP contribution in [0.2, 0.25) is 0 Å². The molecule has 0 spiro atoms. The molecular weight excluding hydrogens is 284 g/mol. The molecule has 1 aliphatic heterocycles. The first-order valence-corrected chi connectivity index (χ1v) is 7.71. The number of hydrogen-bond donors (Lipinski definition) is 1. The Balaban J connectivity index is 1.69. The van der Waals surface area contributed by atoms with Crippen LogP contribution in [0.5, 0.6) is 11.8 Å². The first-order chi connectivity index (χ1) is 10.7. The standard InChI is InChI=1S/C15H22N4O3/c1-21-12-7-13(22-2)17-14(16-12)15(20)18-19-8-10-4-3-5-11(6-10)9-19/h7,10-11H,3-6,8-9H2,1-2H3,(H,18,20). The lowest BCUT2D eigenvalue weighted by atomic mass is 9.78. The molecule has 0 aromatic carbocycles. The highest BCUT2D eigenvalue weighted by atomic mass is 16.5. The Kier molecular flexibility index (Phi) is 4.42. The molecule has 120 valence electrons. The predicted octanol–water partition coefficient (Wildman–Crippen LogP) is 1.26. The molecule has 7 nitrogen and oxygen atoms in total. The molecule has 2 heterocycles. The number of carbonyl (C=O) groups excluding carboxylic acids is 1. The van der Waals surface area contributed by atoms with Crippen molar-refractivity contribution in [2.75, 3.05) is 27.3 Å². The van der Waals surface area contributed by atoms with Gasteiger partial charge in [0, 0.05) is 13.1 Å². The van der Waals surface area contributed by atoms with Gasteiger partial charge in [-0.05, 0) is 31.1 Å². The number of carbonyl (C=O) groups is 1. The van der Waals surface area contributed by atoms with Crippen LogP contribution in [-0.4, -0.2) is 48.2 Å². The number of piperidine rings is 1. The minimum atomic E-state index is -0.322. The lowest BCUT2D eigenvalue weighted by molar-refractivity contribution is 0.0384. The molecule has 22 heavy (non-hydrogen) atoms. The number of ether oxygens (including phenoxy) is 2. The highest BCUT2D eigenvalue weighted by molar-refractivity contribution is 5.90. The fourth-order valence-corrected chi connectivity index (χ4v) is 3.43. The maximum absolute atomic E-state index is 12.4. The number of hydrazine groups is 1. The summed E-state index contributed by atoms with van der Waals surface area (Å²) in [5.41, 5.74) is 2.92. The zero-order chi connectivity index (χ0) is 15.5. The van der Waals surface area contributed by atoms with Crippen molar-refractivity contribution >= 4 is 5.91 Å². The van der Waals surface area contributed by atoms with E-state index in [2.05, 4.69) is 15.4 Å². The minimum Gasteiger partial charge on any atom is -0.481 e. The van der Waals surface area contributed by atoms with Crippen molar-refractivity contribution in [3.05, 3.63) is 11.9 Å². The van der Waals surface area contributed by atoms with Crippen LogP contribution in [-0.2, 0) is 0 Å². The average Bonchev–Trinajstić information content (AvgIpc) is 2.54. The van der Waals surface area contributed by atoms with Crippen LogP contribution in [0.15, 0.2) is 6.07 Å². The molecule has 1 aliphatic carbocycles. The van der Waals surface area contributed by atoms with Gasteiger partial charge in [-0.1, -0.05) is 6.42 Å². The molecule has 1 N–H and O–H groups in total. The van der Waals surface area contributed by atoms with E-state index in [9.17, 15) is 4.79 Å². The molecule has 2 unspecified atom stereocenters. The number of nitrogens with one attached hydrogen (secondary N) is 1. The lowest BCUT2D eigenvalue weighted by Gasteiger charge is -2.41. The quantitative estimate of drug-likeness (QED) is 0.902.